The van der Waals surface area contributed by atoms with Gasteiger partial charge in [-0.3, -0.25) is 9.59 Å². The molecule has 114 valence electrons. The number of thiophene rings is 1. The summed E-state index contributed by atoms with van der Waals surface area (Å²) in [4.78, 5) is 24.1. The molecule has 0 fully saturated rings. The molecule has 6 heteroatoms. The molecular weight excluding hydrogens is 288 g/mol. The SMILES string of the molecule is CCC(C)NC(=O)CCNC(=O)c1csc(C#CCO)c1. The van der Waals surface area contributed by atoms with E-state index in [1.54, 1.807) is 11.4 Å². The van der Waals surface area contributed by atoms with Gasteiger partial charge in [0.25, 0.3) is 5.91 Å². The van der Waals surface area contributed by atoms with Crippen molar-refractivity contribution in [3.63, 3.8) is 0 Å². The van der Waals surface area contributed by atoms with Crippen LogP contribution in [0.2, 0.25) is 0 Å². The van der Waals surface area contributed by atoms with Crippen LogP contribution in [0.5, 0.6) is 0 Å². The van der Waals surface area contributed by atoms with Crippen LogP contribution in [0.25, 0.3) is 0 Å². The van der Waals surface area contributed by atoms with Crippen LogP contribution in [0.4, 0.5) is 0 Å². The first-order valence-corrected chi connectivity index (χ1v) is 7.70. The number of nitrogens with one attached hydrogen (secondary N) is 2. The Kier molecular flexibility index (Phi) is 7.51. The van der Waals surface area contributed by atoms with Gasteiger partial charge in [0.15, 0.2) is 0 Å². The summed E-state index contributed by atoms with van der Waals surface area (Å²) in [6.07, 6.45) is 1.14. The highest BCUT2D eigenvalue weighted by molar-refractivity contribution is 7.10. The van der Waals surface area contributed by atoms with Crippen molar-refractivity contribution in [2.75, 3.05) is 13.2 Å². The van der Waals surface area contributed by atoms with Crippen molar-refractivity contribution in [3.05, 3.63) is 21.9 Å². The summed E-state index contributed by atoms with van der Waals surface area (Å²) in [5, 5.41) is 15.9. The van der Waals surface area contributed by atoms with E-state index < -0.39 is 0 Å². The molecule has 0 radical (unpaired) electrons. The minimum atomic E-state index is -0.223. The molecule has 1 unspecified atom stereocenters. The number of carbonyl (C=O) groups is 2. The maximum Gasteiger partial charge on any atom is 0.252 e. The molecule has 3 N–H and O–H groups in total. The molecule has 2 amide bonds. The summed E-state index contributed by atoms with van der Waals surface area (Å²) in [7, 11) is 0. The first kappa shape index (κ1) is 17.2. The average molecular weight is 308 g/mol. The van der Waals surface area contributed by atoms with E-state index in [4.69, 9.17) is 5.11 Å². The van der Waals surface area contributed by atoms with Gasteiger partial charge in [-0.25, -0.2) is 0 Å². The van der Waals surface area contributed by atoms with Gasteiger partial charge >= 0.3 is 0 Å². The molecule has 0 aliphatic heterocycles. The lowest BCUT2D eigenvalue weighted by atomic mass is 10.2. The Morgan fingerprint density at radius 3 is 2.90 bits per heavy atom. The van der Waals surface area contributed by atoms with Gasteiger partial charge in [-0.05, 0) is 19.4 Å². The lowest BCUT2D eigenvalue weighted by molar-refractivity contribution is -0.121. The van der Waals surface area contributed by atoms with Gasteiger partial charge in [-0.1, -0.05) is 18.8 Å². The summed E-state index contributed by atoms with van der Waals surface area (Å²) in [5.74, 6) is 4.99. The number of carbonyl (C=O) groups excluding carboxylic acids is 2. The molecule has 1 aromatic rings. The van der Waals surface area contributed by atoms with Crippen molar-refractivity contribution in [2.24, 2.45) is 0 Å². The number of hydrogen-bond donors (Lipinski definition) is 3. The summed E-state index contributed by atoms with van der Waals surface area (Å²) in [6.45, 7) is 4.04. The number of aliphatic hydroxyl groups is 1. The highest BCUT2D eigenvalue weighted by Crippen LogP contribution is 2.13. The molecule has 5 nitrogen and oxygen atoms in total. The van der Waals surface area contributed by atoms with Crippen LogP contribution in [0.1, 0.15) is 41.9 Å². The molecule has 0 aliphatic rings. The normalized spacial score (nSPS) is 11.2. The van der Waals surface area contributed by atoms with Crippen LogP contribution >= 0.6 is 11.3 Å². The lowest BCUT2D eigenvalue weighted by Crippen LogP contribution is -2.35. The van der Waals surface area contributed by atoms with Crippen LogP contribution in [-0.4, -0.2) is 36.1 Å². The van der Waals surface area contributed by atoms with Gasteiger partial charge in [-0.2, -0.15) is 0 Å². The zero-order valence-corrected chi connectivity index (χ0v) is 13.0. The maximum atomic E-state index is 11.9. The van der Waals surface area contributed by atoms with Crippen molar-refractivity contribution in [3.8, 4) is 11.8 Å². The van der Waals surface area contributed by atoms with E-state index in [0.717, 1.165) is 11.3 Å². The quantitative estimate of drug-likeness (QED) is 0.689. The maximum absolute atomic E-state index is 11.9. The van der Waals surface area contributed by atoms with E-state index in [1.165, 1.54) is 11.3 Å². The number of hydrogen-bond acceptors (Lipinski definition) is 4. The second-order valence-electron chi connectivity index (χ2n) is 4.54. The Hall–Kier alpha value is -1.84. The summed E-state index contributed by atoms with van der Waals surface area (Å²) in [6, 6.07) is 1.82. The van der Waals surface area contributed by atoms with Crippen LogP contribution in [0.3, 0.4) is 0 Å². The average Bonchev–Trinajstić information content (AvgIpc) is 2.93. The fourth-order valence-electron chi connectivity index (χ4n) is 1.49. The summed E-state index contributed by atoms with van der Waals surface area (Å²) < 4.78 is 0. The first-order chi connectivity index (χ1) is 10.1. The molecule has 0 bridgehead atoms. The molecule has 1 atom stereocenters. The third-order valence-electron chi connectivity index (χ3n) is 2.81. The monoisotopic (exact) mass is 308 g/mol. The fourth-order valence-corrected chi connectivity index (χ4v) is 2.24. The fraction of sp³-hybridized carbons (Fsp3) is 0.467. The van der Waals surface area contributed by atoms with E-state index in [1.807, 2.05) is 13.8 Å². The van der Waals surface area contributed by atoms with Gasteiger partial charge < -0.3 is 15.7 Å². The first-order valence-electron chi connectivity index (χ1n) is 6.82. The van der Waals surface area contributed by atoms with E-state index in [2.05, 4.69) is 22.5 Å². The highest BCUT2D eigenvalue weighted by Gasteiger charge is 2.09. The number of rotatable bonds is 6. The number of aliphatic hydroxyl groups excluding tert-OH is 1. The molecule has 0 aliphatic carbocycles. The molecular formula is C15H20N2O3S. The molecule has 1 heterocycles. The highest BCUT2D eigenvalue weighted by atomic mass is 32.1. The van der Waals surface area contributed by atoms with Gasteiger partial charge in [0.1, 0.15) is 6.61 Å². The van der Waals surface area contributed by atoms with Crippen molar-refractivity contribution in [1.82, 2.24) is 10.6 Å². The summed E-state index contributed by atoms with van der Waals surface area (Å²) >= 11 is 1.34. The largest absolute Gasteiger partial charge is 0.384 e. The van der Waals surface area contributed by atoms with Crippen LogP contribution in [-0.2, 0) is 4.79 Å². The molecule has 21 heavy (non-hydrogen) atoms. The van der Waals surface area contributed by atoms with Crippen LogP contribution < -0.4 is 10.6 Å². The van der Waals surface area contributed by atoms with Gasteiger partial charge in [-0.15, -0.1) is 11.3 Å². The molecule has 0 saturated heterocycles. The van der Waals surface area contributed by atoms with Gasteiger partial charge in [0, 0.05) is 24.4 Å². The zero-order chi connectivity index (χ0) is 15.7. The predicted molar refractivity (Wildman–Crippen MR) is 83.1 cm³/mol. The zero-order valence-electron chi connectivity index (χ0n) is 12.2. The molecule has 1 aromatic heterocycles. The Morgan fingerprint density at radius 2 is 2.24 bits per heavy atom. The van der Waals surface area contributed by atoms with E-state index >= 15 is 0 Å². The lowest BCUT2D eigenvalue weighted by Gasteiger charge is -2.11. The Morgan fingerprint density at radius 1 is 1.48 bits per heavy atom. The second kappa shape index (κ2) is 9.16. The van der Waals surface area contributed by atoms with Crippen molar-refractivity contribution in [2.45, 2.75) is 32.7 Å². The third-order valence-corrected chi connectivity index (χ3v) is 3.66. The Labute approximate surface area is 128 Å². The van der Waals surface area contributed by atoms with Crippen molar-refractivity contribution in [1.29, 1.82) is 0 Å². The van der Waals surface area contributed by atoms with Crippen molar-refractivity contribution < 1.29 is 14.7 Å². The van der Waals surface area contributed by atoms with Crippen LogP contribution in [0, 0.1) is 11.8 Å². The van der Waals surface area contributed by atoms with E-state index in [0.29, 0.717) is 12.1 Å². The minimum Gasteiger partial charge on any atom is -0.384 e. The third kappa shape index (κ3) is 6.43. The Bertz CT molecular complexity index is 543. The topological polar surface area (TPSA) is 78.4 Å². The summed E-state index contributed by atoms with van der Waals surface area (Å²) in [5.41, 5.74) is 0.518. The minimum absolute atomic E-state index is 0.0653. The van der Waals surface area contributed by atoms with Gasteiger partial charge in [0.05, 0.1) is 10.4 Å². The van der Waals surface area contributed by atoms with E-state index in [9.17, 15) is 9.59 Å². The standard InChI is InChI=1S/C15H20N2O3S/c1-3-11(2)17-14(19)6-7-16-15(20)12-9-13(21-10-12)5-4-8-18/h9-11,18H,3,6-8H2,1-2H3,(H,16,20)(H,17,19). The molecule has 0 spiro atoms. The molecule has 0 saturated carbocycles. The Balaban J connectivity index is 2.37. The van der Waals surface area contributed by atoms with Crippen molar-refractivity contribution >= 4 is 23.2 Å². The van der Waals surface area contributed by atoms with E-state index in [-0.39, 0.29) is 30.9 Å². The second-order valence-corrected chi connectivity index (χ2v) is 5.45. The predicted octanol–water partition coefficient (Wildman–Crippen LogP) is 1.13. The molecule has 0 aromatic carbocycles. The number of amides is 2. The smallest absolute Gasteiger partial charge is 0.252 e. The molecule has 1 rings (SSSR count). The van der Waals surface area contributed by atoms with Crippen LogP contribution in [0.15, 0.2) is 11.4 Å². The van der Waals surface area contributed by atoms with Gasteiger partial charge in [0.2, 0.25) is 5.91 Å².